The second-order valence-corrected chi connectivity index (χ2v) is 6.53. The SMILES string of the molecule is COc1ccc(-c2nn([C@H](C)C(=O)Nc3cc(C)nn3C)c(=O)cc2OC)cc1. The number of hydrogen-bond donors (Lipinski definition) is 1. The maximum Gasteiger partial charge on any atom is 0.271 e. The first kappa shape index (κ1) is 20.1. The lowest BCUT2D eigenvalue weighted by Crippen LogP contribution is -2.33. The van der Waals surface area contributed by atoms with Crippen molar-refractivity contribution in [2.75, 3.05) is 19.5 Å². The summed E-state index contributed by atoms with van der Waals surface area (Å²) in [6.07, 6.45) is 0. The molecule has 0 aliphatic carbocycles. The van der Waals surface area contributed by atoms with E-state index in [0.717, 1.165) is 15.9 Å². The van der Waals surface area contributed by atoms with Gasteiger partial charge in [0.2, 0.25) is 5.91 Å². The molecule has 1 aromatic carbocycles. The van der Waals surface area contributed by atoms with Gasteiger partial charge in [-0.15, -0.1) is 0 Å². The third kappa shape index (κ3) is 4.13. The summed E-state index contributed by atoms with van der Waals surface area (Å²) in [7, 11) is 4.78. The molecule has 2 aromatic heterocycles. The summed E-state index contributed by atoms with van der Waals surface area (Å²) >= 11 is 0. The summed E-state index contributed by atoms with van der Waals surface area (Å²) in [6, 6.07) is 9.41. The van der Waals surface area contributed by atoms with Crippen LogP contribution in [0.15, 0.2) is 41.2 Å². The van der Waals surface area contributed by atoms with Crippen molar-refractivity contribution in [3.63, 3.8) is 0 Å². The van der Waals surface area contributed by atoms with E-state index in [9.17, 15) is 9.59 Å². The van der Waals surface area contributed by atoms with Crippen molar-refractivity contribution in [1.29, 1.82) is 0 Å². The van der Waals surface area contributed by atoms with Crippen LogP contribution in [0.3, 0.4) is 0 Å². The molecule has 0 radical (unpaired) electrons. The van der Waals surface area contributed by atoms with Crippen molar-refractivity contribution in [3.05, 3.63) is 52.4 Å². The van der Waals surface area contributed by atoms with Gasteiger partial charge in [0.15, 0.2) is 5.75 Å². The number of aromatic nitrogens is 4. The predicted molar refractivity (Wildman–Crippen MR) is 108 cm³/mol. The van der Waals surface area contributed by atoms with Gasteiger partial charge < -0.3 is 14.8 Å². The summed E-state index contributed by atoms with van der Waals surface area (Å²) in [6.45, 7) is 3.44. The van der Waals surface area contributed by atoms with Gasteiger partial charge in [0, 0.05) is 24.7 Å². The maximum atomic E-state index is 12.7. The lowest BCUT2D eigenvalue weighted by molar-refractivity contribution is -0.119. The Morgan fingerprint density at radius 1 is 1.10 bits per heavy atom. The van der Waals surface area contributed by atoms with Crippen LogP contribution in [0.4, 0.5) is 5.82 Å². The molecule has 9 heteroatoms. The van der Waals surface area contributed by atoms with Gasteiger partial charge in [0.1, 0.15) is 23.3 Å². The van der Waals surface area contributed by atoms with Crippen LogP contribution in [-0.4, -0.2) is 39.7 Å². The topological polar surface area (TPSA) is 100 Å². The van der Waals surface area contributed by atoms with Gasteiger partial charge in [-0.2, -0.15) is 10.2 Å². The van der Waals surface area contributed by atoms with Crippen molar-refractivity contribution < 1.29 is 14.3 Å². The largest absolute Gasteiger partial charge is 0.497 e. The Bertz CT molecular complexity index is 1090. The van der Waals surface area contributed by atoms with E-state index in [1.165, 1.54) is 13.2 Å². The first-order valence-corrected chi connectivity index (χ1v) is 8.97. The van der Waals surface area contributed by atoms with Gasteiger partial charge in [-0.25, -0.2) is 4.68 Å². The molecule has 0 bridgehead atoms. The highest BCUT2D eigenvalue weighted by Gasteiger charge is 2.21. The van der Waals surface area contributed by atoms with Gasteiger partial charge in [0.05, 0.1) is 19.9 Å². The number of nitrogens with one attached hydrogen (secondary N) is 1. The molecule has 1 N–H and O–H groups in total. The number of carbonyl (C=O) groups is 1. The van der Waals surface area contributed by atoms with Gasteiger partial charge in [-0.1, -0.05) is 0 Å². The molecule has 1 amide bonds. The first-order chi connectivity index (χ1) is 13.8. The Morgan fingerprint density at radius 2 is 1.79 bits per heavy atom. The Morgan fingerprint density at radius 3 is 2.34 bits per heavy atom. The lowest BCUT2D eigenvalue weighted by atomic mass is 10.1. The molecule has 9 nitrogen and oxygen atoms in total. The quantitative estimate of drug-likeness (QED) is 0.684. The first-order valence-electron chi connectivity index (χ1n) is 8.97. The zero-order valence-electron chi connectivity index (χ0n) is 17.0. The second-order valence-electron chi connectivity index (χ2n) is 6.53. The number of hydrogen-bond acceptors (Lipinski definition) is 6. The second kappa shape index (κ2) is 8.17. The minimum absolute atomic E-state index is 0.325. The fourth-order valence-electron chi connectivity index (χ4n) is 2.90. The Kier molecular flexibility index (Phi) is 5.67. The van der Waals surface area contributed by atoms with Crippen LogP contribution in [0.5, 0.6) is 11.5 Å². The van der Waals surface area contributed by atoms with Crippen molar-refractivity contribution in [1.82, 2.24) is 19.6 Å². The van der Waals surface area contributed by atoms with E-state index in [2.05, 4.69) is 15.5 Å². The van der Waals surface area contributed by atoms with Crippen LogP contribution in [0.2, 0.25) is 0 Å². The van der Waals surface area contributed by atoms with E-state index in [0.29, 0.717) is 23.0 Å². The summed E-state index contributed by atoms with van der Waals surface area (Å²) in [5.41, 5.74) is 1.51. The summed E-state index contributed by atoms with van der Waals surface area (Å²) in [4.78, 5) is 25.3. The normalized spacial score (nSPS) is 11.8. The number of amides is 1. The summed E-state index contributed by atoms with van der Waals surface area (Å²) in [5.74, 6) is 1.18. The smallest absolute Gasteiger partial charge is 0.271 e. The Hall–Kier alpha value is -3.62. The number of methoxy groups -OCH3 is 2. The summed E-state index contributed by atoms with van der Waals surface area (Å²) in [5, 5.41) is 11.4. The lowest BCUT2D eigenvalue weighted by Gasteiger charge is -2.16. The van der Waals surface area contributed by atoms with Gasteiger partial charge >= 0.3 is 0 Å². The zero-order chi connectivity index (χ0) is 21.1. The fraction of sp³-hybridized carbons (Fsp3) is 0.300. The molecule has 0 saturated carbocycles. The average molecular weight is 397 g/mol. The number of carbonyl (C=O) groups excluding carboxylic acids is 1. The predicted octanol–water partition coefficient (Wildman–Crippen LogP) is 2.17. The van der Waals surface area contributed by atoms with E-state index in [4.69, 9.17) is 9.47 Å². The van der Waals surface area contributed by atoms with E-state index in [1.54, 1.807) is 44.0 Å². The Labute approximate surface area is 167 Å². The molecule has 3 aromatic rings. The molecule has 29 heavy (non-hydrogen) atoms. The fourth-order valence-corrected chi connectivity index (χ4v) is 2.90. The highest BCUT2D eigenvalue weighted by atomic mass is 16.5. The van der Waals surface area contributed by atoms with Gasteiger partial charge in [-0.05, 0) is 38.1 Å². The van der Waals surface area contributed by atoms with Crippen LogP contribution in [0.1, 0.15) is 18.7 Å². The highest BCUT2D eigenvalue weighted by Crippen LogP contribution is 2.28. The average Bonchev–Trinajstić information content (AvgIpc) is 3.03. The van der Waals surface area contributed by atoms with Crippen molar-refractivity contribution in [3.8, 4) is 22.8 Å². The number of anilines is 1. The van der Waals surface area contributed by atoms with E-state index in [-0.39, 0.29) is 5.91 Å². The summed E-state index contributed by atoms with van der Waals surface area (Å²) < 4.78 is 13.2. The molecule has 0 aliphatic heterocycles. The number of aryl methyl sites for hydroxylation is 2. The van der Waals surface area contributed by atoms with E-state index < -0.39 is 11.6 Å². The number of benzene rings is 1. The molecule has 0 aliphatic rings. The molecule has 2 heterocycles. The van der Waals surface area contributed by atoms with E-state index in [1.807, 2.05) is 19.1 Å². The van der Waals surface area contributed by atoms with Gasteiger partial charge in [-0.3, -0.25) is 14.3 Å². The molecule has 1 atom stereocenters. The number of rotatable bonds is 6. The standard InChI is InChI=1S/C20H23N5O4/c1-12-10-17(24(3)22-12)21-20(27)13(2)25-18(26)11-16(29-5)19(23-25)14-6-8-15(28-4)9-7-14/h6-11,13H,1-5H3,(H,21,27)/t13-/m1/s1. The molecular formula is C20H23N5O4. The van der Waals surface area contributed by atoms with Crippen LogP contribution >= 0.6 is 0 Å². The Balaban J connectivity index is 1.96. The molecular weight excluding hydrogens is 374 g/mol. The molecule has 3 rings (SSSR count). The van der Waals surface area contributed by atoms with Gasteiger partial charge in [0.25, 0.3) is 5.56 Å². The highest BCUT2D eigenvalue weighted by molar-refractivity contribution is 5.92. The minimum atomic E-state index is -0.847. The van der Waals surface area contributed by atoms with Crippen LogP contribution in [-0.2, 0) is 11.8 Å². The molecule has 0 spiro atoms. The monoisotopic (exact) mass is 397 g/mol. The third-order valence-corrected chi connectivity index (χ3v) is 4.50. The molecule has 0 unspecified atom stereocenters. The third-order valence-electron chi connectivity index (χ3n) is 4.50. The van der Waals surface area contributed by atoms with Crippen LogP contribution in [0, 0.1) is 6.92 Å². The molecule has 0 saturated heterocycles. The molecule has 152 valence electrons. The maximum absolute atomic E-state index is 12.7. The minimum Gasteiger partial charge on any atom is -0.497 e. The van der Waals surface area contributed by atoms with Crippen LogP contribution < -0.4 is 20.3 Å². The van der Waals surface area contributed by atoms with Crippen molar-refractivity contribution >= 4 is 11.7 Å². The van der Waals surface area contributed by atoms with E-state index >= 15 is 0 Å². The number of ether oxygens (including phenoxy) is 2. The van der Waals surface area contributed by atoms with Crippen molar-refractivity contribution in [2.24, 2.45) is 7.05 Å². The zero-order valence-corrected chi connectivity index (χ0v) is 17.0. The molecule has 0 fully saturated rings. The van der Waals surface area contributed by atoms with Crippen molar-refractivity contribution in [2.45, 2.75) is 19.9 Å². The van der Waals surface area contributed by atoms with Crippen LogP contribution in [0.25, 0.3) is 11.3 Å². The number of nitrogens with zero attached hydrogens (tertiary/aromatic N) is 4.